The van der Waals surface area contributed by atoms with Gasteiger partial charge in [0, 0.05) is 23.9 Å². The number of fused-ring (bicyclic) bond motifs is 1. The summed E-state index contributed by atoms with van der Waals surface area (Å²) >= 11 is 0. The van der Waals surface area contributed by atoms with Crippen molar-refractivity contribution in [3.05, 3.63) is 78.4 Å². The summed E-state index contributed by atoms with van der Waals surface area (Å²) in [5, 5.41) is 8.97. The zero-order valence-electron chi connectivity index (χ0n) is 17.7. The third kappa shape index (κ3) is 4.04. The molecule has 0 unspecified atom stereocenters. The highest BCUT2D eigenvalue weighted by Crippen LogP contribution is 2.41. The van der Waals surface area contributed by atoms with Crippen LogP contribution in [0.4, 0.5) is 5.82 Å². The van der Waals surface area contributed by atoms with Crippen LogP contribution < -0.4 is 10.5 Å². The standard InChI is InChI=1S/C25H26N4O3/c26-24-23-22(18-7-4-8-20(13-18)32-16-17-5-2-1-3-6-17)28-25(29(23)10-9-27-24)19-14-21(15-19)31-12-11-30/h1-10,13,19,21,30H,11-12,14-16H2,(H2,26,27). The van der Waals surface area contributed by atoms with E-state index in [-0.39, 0.29) is 18.6 Å². The summed E-state index contributed by atoms with van der Waals surface area (Å²) < 4.78 is 13.7. The van der Waals surface area contributed by atoms with E-state index in [0.29, 0.717) is 19.0 Å². The van der Waals surface area contributed by atoms with Gasteiger partial charge in [0.1, 0.15) is 35.2 Å². The van der Waals surface area contributed by atoms with E-state index in [1.165, 1.54) is 0 Å². The molecular weight excluding hydrogens is 404 g/mol. The molecule has 0 atom stereocenters. The molecule has 1 saturated carbocycles. The topological polar surface area (TPSA) is 94.9 Å². The average molecular weight is 431 g/mol. The van der Waals surface area contributed by atoms with Crippen molar-refractivity contribution < 1.29 is 14.6 Å². The quantitative estimate of drug-likeness (QED) is 0.441. The van der Waals surface area contributed by atoms with E-state index in [9.17, 15) is 0 Å². The molecule has 1 aliphatic carbocycles. The number of nitrogen functional groups attached to an aromatic ring is 1. The predicted octanol–water partition coefficient (Wildman–Crippen LogP) is 3.81. The first-order valence-corrected chi connectivity index (χ1v) is 10.8. The summed E-state index contributed by atoms with van der Waals surface area (Å²) in [6.45, 7) is 0.917. The molecule has 0 bridgehead atoms. The fourth-order valence-electron chi connectivity index (χ4n) is 4.18. The van der Waals surface area contributed by atoms with Gasteiger partial charge in [0.15, 0.2) is 0 Å². The molecule has 4 aromatic rings. The Morgan fingerprint density at radius 3 is 2.75 bits per heavy atom. The number of rotatable bonds is 8. The lowest BCUT2D eigenvalue weighted by Gasteiger charge is -2.34. The van der Waals surface area contributed by atoms with E-state index < -0.39 is 0 Å². The molecule has 3 N–H and O–H groups in total. The molecule has 0 spiro atoms. The molecule has 164 valence electrons. The van der Waals surface area contributed by atoms with Crippen LogP contribution >= 0.6 is 0 Å². The SMILES string of the molecule is Nc1nccn2c(C3CC(OCCO)C3)nc(-c3cccc(OCc4ccccc4)c3)c12. The highest BCUT2D eigenvalue weighted by molar-refractivity contribution is 5.85. The molecule has 5 rings (SSSR count). The van der Waals surface area contributed by atoms with Crippen LogP contribution in [-0.4, -0.2) is 38.8 Å². The average Bonchev–Trinajstić information content (AvgIpc) is 3.18. The molecule has 0 radical (unpaired) electrons. The van der Waals surface area contributed by atoms with E-state index in [0.717, 1.165) is 46.8 Å². The van der Waals surface area contributed by atoms with Crippen LogP contribution in [0.25, 0.3) is 16.8 Å². The number of anilines is 1. The van der Waals surface area contributed by atoms with Crippen molar-refractivity contribution in [3.63, 3.8) is 0 Å². The largest absolute Gasteiger partial charge is 0.489 e. The number of aliphatic hydroxyl groups is 1. The summed E-state index contributed by atoms with van der Waals surface area (Å²) in [6.07, 6.45) is 5.53. The van der Waals surface area contributed by atoms with Crippen LogP contribution in [0.3, 0.4) is 0 Å². The Morgan fingerprint density at radius 2 is 1.94 bits per heavy atom. The Bertz CT molecular complexity index is 1200. The van der Waals surface area contributed by atoms with Crippen molar-refractivity contribution in [2.24, 2.45) is 0 Å². The zero-order valence-corrected chi connectivity index (χ0v) is 17.7. The number of benzene rings is 2. The second kappa shape index (κ2) is 8.98. The van der Waals surface area contributed by atoms with Crippen molar-refractivity contribution in [3.8, 4) is 17.0 Å². The fraction of sp³-hybridized carbons (Fsp3) is 0.280. The van der Waals surface area contributed by atoms with Crippen molar-refractivity contribution in [1.29, 1.82) is 0 Å². The van der Waals surface area contributed by atoms with E-state index in [1.807, 2.05) is 65.2 Å². The first-order valence-electron chi connectivity index (χ1n) is 10.8. The van der Waals surface area contributed by atoms with E-state index in [4.69, 9.17) is 25.3 Å². The van der Waals surface area contributed by atoms with Gasteiger partial charge in [0.05, 0.1) is 19.3 Å². The minimum absolute atomic E-state index is 0.0442. The van der Waals surface area contributed by atoms with Crippen LogP contribution in [0.15, 0.2) is 67.0 Å². The van der Waals surface area contributed by atoms with Gasteiger partial charge in [-0.2, -0.15) is 0 Å². The minimum Gasteiger partial charge on any atom is -0.489 e. The molecule has 32 heavy (non-hydrogen) atoms. The Kier molecular flexibility index (Phi) is 5.75. The lowest BCUT2D eigenvalue weighted by molar-refractivity contribution is -0.0261. The molecule has 0 saturated heterocycles. The smallest absolute Gasteiger partial charge is 0.150 e. The number of ether oxygens (including phenoxy) is 2. The van der Waals surface area contributed by atoms with Gasteiger partial charge < -0.3 is 20.3 Å². The van der Waals surface area contributed by atoms with E-state index >= 15 is 0 Å². The Balaban J connectivity index is 1.43. The maximum Gasteiger partial charge on any atom is 0.150 e. The molecule has 0 aliphatic heterocycles. The summed E-state index contributed by atoms with van der Waals surface area (Å²) in [5.74, 6) is 2.46. The normalized spacial score (nSPS) is 17.9. The molecule has 2 aromatic heterocycles. The molecule has 7 heteroatoms. The minimum atomic E-state index is 0.0442. The number of hydrogen-bond acceptors (Lipinski definition) is 6. The van der Waals surface area contributed by atoms with Crippen molar-refractivity contribution in [2.45, 2.75) is 31.5 Å². The molecular formula is C25H26N4O3. The van der Waals surface area contributed by atoms with Crippen molar-refractivity contribution in [1.82, 2.24) is 14.4 Å². The number of nitrogens with zero attached hydrogens (tertiary/aromatic N) is 3. The van der Waals surface area contributed by atoms with Crippen LogP contribution in [0.1, 0.15) is 30.1 Å². The first kappa shape index (κ1) is 20.5. The van der Waals surface area contributed by atoms with Gasteiger partial charge in [-0.25, -0.2) is 9.97 Å². The predicted molar refractivity (Wildman–Crippen MR) is 122 cm³/mol. The number of hydrogen-bond donors (Lipinski definition) is 2. The number of aromatic nitrogens is 3. The maximum absolute atomic E-state index is 8.97. The lowest BCUT2D eigenvalue weighted by Crippen LogP contribution is -2.31. The van der Waals surface area contributed by atoms with Gasteiger partial charge in [0.25, 0.3) is 0 Å². The van der Waals surface area contributed by atoms with Gasteiger partial charge in [0.2, 0.25) is 0 Å². The summed E-state index contributed by atoms with van der Waals surface area (Å²) in [5.41, 5.74) is 9.94. The third-order valence-electron chi connectivity index (χ3n) is 5.87. The van der Waals surface area contributed by atoms with E-state index in [2.05, 4.69) is 4.98 Å². The molecule has 0 amide bonds. The Hall–Kier alpha value is -3.42. The van der Waals surface area contributed by atoms with Gasteiger partial charge in [-0.3, -0.25) is 4.40 Å². The van der Waals surface area contributed by atoms with Crippen LogP contribution in [0.2, 0.25) is 0 Å². The van der Waals surface area contributed by atoms with E-state index in [1.54, 1.807) is 6.20 Å². The van der Waals surface area contributed by atoms with Gasteiger partial charge in [-0.05, 0) is 30.5 Å². The second-order valence-electron chi connectivity index (χ2n) is 8.04. The van der Waals surface area contributed by atoms with Gasteiger partial charge >= 0.3 is 0 Å². The number of nitrogens with two attached hydrogens (primary N) is 1. The number of imidazole rings is 1. The van der Waals surface area contributed by atoms with Crippen LogP contribution in [0.5, 0.6) is 5.75 Å². The molecule has 2 aromatic carbocycles. The van der Waals surface area contributed by atoms with Crippen LogP contribution in [0, 0.1) is 0 Å². The van der Waals surface area contributed by atoms with Gasteiger partial charge in [-0.1, -0.05) is 42.5 Å². The second-order valence-corrected chi connectivity index (χ2v) is 8.04. The highest BCUT2D eigenvalue weighted by atomic mass is 16.5. The lowest BCUT2D eigenvalue weighted by atomic mass is 9.81. The monoisotopic (exact) mass is 430 g/mol. The number of aliphatic hydroxyl groups excluding tert-OH is 1. The Labute approximate surface area is 186 Å². The molecule has 1 fully saturated rings. The summed E-state index contributed by atoms with van der Waals surface area (Å²) in [7, 11) is 0. The summed E-state index contributed by atoms with van der Waals surface area (Å²) in [6, 6.07) is 18.0. The van der Waals surface area contributed by atoms with Crippen molar-refractivity contribution >= 4 is 11.3 Å². The fourth-order valence-corrected chi connectivity index (χ4v) is 4.18. The third-order valence-corrected chi connectivity index (χ3v) is 5.87. The maximum atomic E-state index is 8.97. The van der Waals surface area contributed by atoms with Crippen molar-refractivity contribution in [2.75, 3.05) is 18.9 Å². The Morgan fingerprint density at radius 1 is 1.09 bits per heavy atom. The molecule has 2 heterocycles. The molecule has 1 aliphatic rings. The van der Waals surface area contributed by atoms with Gasteiger partial charge in [-0.15, -0.1) is 0 Å². The van der Waals surface area contributed by atoms with Crippen LogP contribution in [-0.2, 0) is 11.3 Å². The zero-order chi connectivity index (χ0) is 21.9. The summed E-state index contributed by atoms with van der Waals surface area (Å²) in [4.78, 5) is 9.30. The molecule has 7 nitrogen and oxygen atoms in total. The first-order chi connectivity index (χ1) is 15.7. The highest BCUT2D eigenvalue weighted by Gasteiger charge is 2.35.